The largest absolute Gasteiger partial charge is 0.376 e. The number of amides is 4. The first-order valence-corrected chi connectivity index (χ1v) is 20.6. The predicted molar refractivity (Wildman–Crippen MR) is 230 cm³/mol. The van der Waals surface area contributed by atoms with Crippen molar-refractivity contribution < 1.29 is 24.0 Å². The van der Waals surface area contributed by atoms with Gasteiger partial charge in [0.1, 0.15) is 6.73 Å². The van der Waals surface area contributed by atoms with Crippen molar-refractivity contribution in [3.63, 3.8) is 0 Å². The number of aliphatic hydroxyl groups is 1. The molecule has 2 saturated heterocycles. The molecule has 6 aromatic rings. The second-order valence-electron chi connectivity index (χ2n) is 16.9. The summed E-state index contributed by atoms with van der Waals surface area (Å²) in [6.07, 6.45) is 2.02. The number of piperazine rings is 1. The first-order valence-electron chi connectivity index (χ1n) is 20.6. The highest BCUT2D eigenvalue weighted by molar-refractivity contribution is 6.06. The lowest BCUT2D eigenvalue weighted by Gasteiger charge is -2.36. The van der Waals surface area contributed by atoms with E-state index in [-0.39, 0.29) is 36.2 Å². The van der Waals surface area contributed by atoms with Crippen LogP contribution in [0.1, 0.15) is 79.2 Å². The van der Waals surface area contributed by atoms with E-state index >= 15 is 0 Å². The molecule has 3 N–H and O–H groups in total. The number of urea groups is 1. The lowest BCUT2D eigenvalue weighted by atomic mass is 9.97. The van der Waals surface area contributed by atoms with E-state index in [1.165, 1.54) is 5.69 Å². The molecule has 4 amide bonds. The van der Waals surface area contributed by atoms with Gasteiger partial charge in [0, 0.05) is 79.5 Å². The SMILES string of the molecule is Cc1cc(-c2[nH]nc3ncc(-c4ccc(N5CCN(CCn6nc(C)c(N7CCC(=O)N(CO)C7=O)c6C)CC5)cc4)cc23)ccc1C(C)NC(=O)c1noc(C(C)(C)C)n1. The average molecular weight is 829 g/mol. The number of anilines is 2. The van der Waals surface area contributed by atoms with Crippen LogP contribution >= 0.6 is 0 Å². The van der Waals surface area contributed by atoms with Crippen LogP contribution in [0, 0.1) is 20.8 Å². The number of imide groups is 1. The average Bonchev–Trinajstić information content (AvgIpc) is 3.98. The molecule has 1 unspecified atom stereocenters. The molecule has 2 fully saturated rings. The van der Waals surface area contributed by atoms with Gasteiger partial charge in [0.15, 0.2) is 5.65 Å². The normalized spacial score (nSPS) is 15.9. The summed E-state index contributed by atoms with van der Waals surface area (Å²) in [5.74, 6) is -0.337. The summed E-state index contributed by atoms with van der Waals surface area (Å²) in [4.78, 5) is 54.2. The number of aryl methyl sites for hydroxylation is 2. The Hall–Kier alpha value is -6.46. The van der Waals surface area contributed by atoms with Crippen LogP contribution in [-0.4, -0.2) is 114 Å². The Kier molecular flexibility index (Phi) is 11.2. The first kappa shape index (κ1) is 41.3. The predicted octanol–water partition coefficient (Wildman–Crippen LogP) is 5.52. The van der Waals surface area contributed by atoms with Crippen molar-refractivity contribution in [1.82, 2.24) is 50.2 Å². The zero-order valence-corrected chi connectivity index (χ0v) is 35.7. The molecule has 0 aliphatic carbocycles. The summed E-state index contributed by atoms with van der Waals surface area (Å²) in [6, 6.07) is 16.1. The maximum atomic E-state index is 12.9. The molecule has 61 heavy (non-hydrogen) atoms. The fourth-order valence-corrected chi connectivity index (χ4v) is 8.22. The summed E-state index contributed by atoms with van der Waals surface area (Å²) in [5.41, 5.74) is 9.61. The number of fused-ring (bicyclic) bond motifs is 1. The third kappa shape index (κ3) is 8.22. The van der Waals surface area contributed by atoms with Crippen LogP contribution in [0.3, 0.4) is 0 Å². The molecule has 2 aromatic carbocycles. The van der Waals surface area contributed by atoms with Gasteiger partial charge in [0.2, 0.25) is 11.8 Å². The van der Waals surface area contributed by atoms with Gasteiger partial charge in [-0.1, -0.05) is 50.2 Å². The van der Waals surface area contributed by atoms with Crippen LogP contribution in [0.4, 0.5) is 16.2 Å². The van der Waals surface area contributed by atoms with Gasteiger partial charge in [-0.25, -0.2) is 14.7 Å². The van der Waals surface area contributed by atoms with E-state index in [0.29, 0.717) is 23.8 Å². The molecular weight excluding hydrogens is 777 g/mol. The zero-order valence-electron chi connectivity index (χ0n) is 35.7. The number of nitrogens with one attached hydrogen (secondary N) is 2. The first-order chi connectivity index (χ1) is 29.2. The number of pyridine rings is 1. The molecule has 1 atom stereocenters. The number of aromatic amines is 1. The minimum absolute atomic E-state index is 0.0142. The van der Waals surface area contributed by atoms with E-state index < -0.39 is 18.7 Å². The number of benzene rings is 2. The van der Waals surface area contributed by atoms with Crippen LogP contribution in [0.25, 0.3) is 33.4 Å². The van der Waals surface area contributed by atoms with Gasteiger partial charge in [0.05, 0.1) is 35.4 Å². The molecule has 4 aromatic heterocycles. The summed E-state index contributed by atoms with van der Waals surface area (Å²) in [7, 11) is 0. The van der Waals surface area contributed by atoms with Crippen molar-refractivity contribution in [3.05, 3.63) is 89.0 Å². The molecule has 8 rings (SSSR count). The number of aromatic nitrogens is 7. The zero-order chi connectivity index (χ0) is 43.2. The maximum absolute atomic E-state index is 12.9. The smallest absolute Gasteiger partial charge is 0.333 e. The maximum Gasteiger partial charge on any atom is 0.333 e. The number of rotatable bonds is 11. The van der Waals surface area contributed by atoms with E-state index in [1.807, 2.05) is 71.5 Å². The van der Waals surface area contributed by atoms with E-state index in [1.54, 1.807) is 4.90 Å². The third-order valence-corrected chi connectivity index (χ3v) is 11.7. The fourth-order valence-electron chi connectivity index (χ4n) is 8.22. The van der Waals surface area contributed by atoms with Crippen LogP contribution in [0.5, 0.6) is 0 Å². The van der Waals surface area contributed by atoms with E-state index in [0.717, 1.165) is 87.9 Å². The Bertz CT molecular complexity index is 2600. The summed E-state index contributed by atoms with van der Waals surface area (Å²) >= 11 is 0. The molecule has 0 radical (unpaired) electrons. The molecule has 0 spiro atoms. The number of H-pyrrole nitrogens is 1. The number of aliphatic hydroxyl groups excluding tert-OH is 1. The van der Waals surface area contributed by atoms with Gasteiger partial charge in [-0.05, 0) is 68.7 Å². The molecule has 17 nitrogen and oxygen atoms in total. The highest BCUT2D eigenvalue weighted by Gasteiger charge is 2.35. The molecule has 6 heterocycles. The van der Waals surface area contributed by atoms with Crippen molar-refractivity contribution in [2.24, 2.45) is 0 Å². The Balaban J connectivity index is 0.878. The number of carbonyl (C=O) groups excluding carboxylic acids is 3. The second kappa shape index (κ2) is 16.5. The van der Waals surface area contributed by atoms with Crippen molar-refractivity contribution >= 4 is 40.3 Å². The molecule has 0 bridgehead atoms. The topological polar surface area (TPSA) is 195 Å². The van der Waals surface area contributed by atoms with Gasteiger partial charge < -0.3 is 19.8 Å². The van der Waals surface area contributed by atoms with Gasteiger partial charge in [-0.3, -0.25) is 29.2 Å². The minimum atomic E-state index is -0.634. The van der Waals surface area contributed by atoms with Crippen molar-refractivity contribution in [2.75, 3.05) is 55.8 Å². The number of carbonyl (C=O) groups is 3. The fraction of sp³-hybridized carbons (Fsp3) is 0.409. The van der Waals surface area contributed by atoms with E-state index in [2.05, 4.69) is 76.8 Å². The number of hydrogen-bond donors (Lipinski definition) is 3. The van der Waals surface area contributed by atoms with Crippen LogP contribution in [0.15, 0.2) is 59.3 Å². The van der Waals surface area contributed by atoms with Gasteiger partial charge in [0.25, 0.3) is 11.7 Å². The number of hydrogen-bond acceptors (Lipinski definition) is 12. The minimum Gasteiger partial charge on any atom is -0.376 e. The third-order valence-electron chi connectivity index (χ3n) is 11.7. The highest BCUT2D eigenvalue weighted by Crippen LogP contribution is 2.33. The van der Waals surface area contributed by atoms with Gasteiger partial charge in [-0.2, -0.15) is 15.2 Å². The standard InChI is InChI=1S/C44H52N12O5/c1-26-22-31(10-13-34(26)27(2)46-41(59)40-47-42(61-51-40)44(5,6)7)37-35-23-32(24-45-39(35)49-48-37)30-8-11-33(12-9-30)53-19-16-52(17-20-53)18-21-56-29(4)38(28(3)50-56)54-15-14-36(58)55(25-57)43(54)60/h8-13,22-24,27,57H,14-21,25H2,1-7H3,(H,46,59)(H,45,48,49). The monoisotopic (exact) mass is 828 g/mol. The highest BCUT2D eigenvalue weighted by atomic mass is 16.5. The molecule has 318 valence electrons. The molecular formula is C44H52N12O5. The van der Waals surface area contributed by atoms with Crippen LogP contribution in [0.2, 0.25) is 0 Å². The lowest BCUT2D eigenvalue weighted by Crippen LogP contribution is -2.53. The van der Waals surface area contributed by atoms with Crippen molar-refractivity contribution in [1.29, 1.82) is 0 Å². The van der Waals surface area contributed by atoms with Crippen molar-refractivity contribution in [3.8, 4) is 22.4 Å². The second-order valence-corrected chi connectivity index (χ2v) is 16.9. The van der Waals surface area contributed by atoms with Crippen LogP contribution < -0.4 is 15.1 Å². The van der Waals surface area contributed by atoms with Gasteiger partial charge in [-0.15, -0.1) is 0 Å². The Morgan fingerprint density at radius 3 is 2.38 bits per heavy atom. The van der Waals surface area contributed by atoms with Crippen LogP contribution in [-0.2, 0) is 16.8 Å². The Labute approximate surface area is 353 Å². The van der Waals surface area contributed by atoms with Crippen molar-refractivity contribution in [2.45, 2.75) is 72.9 Å². The lowest BCUT2D eigenvalue weighted by molar-refractivity contribution is -0.131. The number of nitrogens with zero attached hydrogens (tertiary/aromatic N) is 10. The summed E-state index contributed by atoms with van der Waals surface area (Å²) in [5, 5.41) is 29.8. The quantitative estimate of drug-likeness (QED) is 0.148. The molecule has 0 saturated carbocycles. The summed E-state index contributed by atoms with van der Waals surface area (Å²) < 4.78 is 7.24. The summed E-state index contributed by atoms with van der Waals surface area (Å²) in [6.45, 7) is 18.3. The van der Waals surface area contributed by atoms with E-state index in [9.17, 15) is 19.5 Å². The Morgan fingerprint density at radius 2 is 1.69 bits per heavy atom. The van der Waals surface area contributed by atoms with E-state index in [4.69, 9.17) is 9.62 Å². The molecule has 2 aliphatic heterocycles. The van der Waals surface area contributed by atoms with Gasteiger partial charge >= 0.3 is 6.03 Å². The Morgan fingerprint density at radius 1 is 0.951 bits per heavy atom. The molecule has 2 aliphatic rings. The molecule has 17 heteroatoms.